The van der Waals surface area contributed by atoms with E-state index in [4.69, 9.17) is 0 Å². The van der Waals surface area contributed by atoms with Crippen molar-refractivity contribution in [2.24, 2.45) is 7.05 Å². The van der Waals surface area contributed by atoms with Crippen LogP contribution in [0.2, 0.25) is 0 Å². The summed E-state index contributed by atoms with van der Waals surface area (Å²) in [5.74, 6) is 0.525. The number of halogens is 3. The van der Waals surface area contributed by atoms with E-state index in [1.54, 1.807) is 17.7 Å². The Morgan fingerprint density at radius 3 is 2.30 bits per heavy atom. The first-order valence-electron chi connectivity index (χ1n) is 6.06. The summed E-state index contributed by atoms with van der Waals surface area (Å²) in [5, 5.41) is 0. The number of rotatable bonds is 1. The molecule has 0 atom stereocenters. The minimum Gasteiger partial charge on any atom is -0.327 e. The zero-order valence-electron chi connectivity index (χ0n) is 10.6. The second-order valence-corrected chi connectivity index (χ2v) is 4.53. The van der Waals surface area contributed by atoms with Crippen molar-refractivity contribution in [2.45, 2.75) is 6.18 Å². The van der Waals surface area contributed by atoms with Crippen LogP contribution in [0.25, 0.3) is 22.4 Å². The maximum atomic E-state index is 13.0. The molecule has 1 heterocycles. The van der Waals surface area contributed by atoms with Crippen molar-refractivity contribution in [3.05, 3.63) is 54.1 Å². The van der Waals surface area contributed by atoms with Gasteiger partial charge in [-0.3, -0.25) is 0 Å². The summed E-state index contributed by atoms with van der Waals surface area (Å²) in [5.41, 5.74) is 0.548. The Morgan fingerprint density at radius 1 is 0.950 bits per heavy atom. The van der Waals surface area contributed by atoms with Gasteiger partial charge in [-0.1, -0.05) is 36.4 Å². The summed E-state index contributed by atoms with van der Waals surface area (Å²) < 4.78 is 40.7. The molecule has 0 bridgehead atoms. The fourth-order valence-corrected chi connectivity index (χ4v) is 2.29. The van der Waals surface area contributed by atoms with E-state index in [9.17, 15) is 13.2 Å². The Morgan fingerprint density at radius 2 is 1.65 bits per heavy atom. The van der Waals surface area contributed by atoms with Gasteiger partial charge in [0.2, 0.25) is 0 Å². The predicted octanol–water partition coefficient (Wildman–Crippen LogP) is 4.26. The molecule has 0 N–H and O–H groups in total. The van der Waals surface area contributed by atoms with Crippen molar-refractivity contribution < 1.29 is 13.2 Å². The van der Waals surface area contributed by atoms with Gasteiger partial charge < -0.3 is 4.57 Å². The summed E-state index contributed by atoms with van der Waals surface area (Å²) in [6.45, 7) is 0. The molecule has 3 rings (SSSR count). The number of fused-ring (bicyclic) bond motifs is 1. The van der Waals surface area contributed by atoms with Crippen molar-refractivity contribution in [2.75, 3.05) is 0 Å². The molecule has 0 spiro atoms. The van der Waals surface area contributed by atoms with Gasteiger partial charge in [0.25, 0.3) is 0 Å². The first-order chi connectivity index (χ1) is 9.48. The van der Waals surface area contributed by atoms with Crippen molar-refractivity contribution in [1.82, 2.24) is 9.55 Å². The summed E-state index contributed by atoms with van der Waals surface area (Å²) >= 11 is 0. The molecule has 0 saturated heterocycles. The highest BCUT2D eigenvalue weighted by Gasteiger charge is 2.34. The number of imidazole rings is 1. The first-order valence-corrected chi connectivity index (χ1v) is 6.06. The van der Waals surface area contributed by atoms with Gasteiger partial charge in [-0.25, -0.2) is 4.98 Å². The lowest BCUT2D eigenvalue weighted by Gasteiger charge is -2.06. The molecule has 1 aromatic heterocycles. The van der Waals surface area contributed by atoms with Gasteiger partial charge in [-0.2, -0.15) is 13.2 Å². The lowest BCUT2D eigenvalue weighted by molar-refractivity contribution is -0.136. The van der Waals surface area contributed by atoms with Gasteiger partial charge in [0.15, 0.2) is 0 Å². The quantitative estimate of drug-likeness (QED) is 0.649. The van der Waals surface area contributed by atoms with Crippen molar-refractivity contribution in [3.8, 4) is 11.4 Å². The topological polar surface area (TPSA) is 17.8 Å². The third-order valence-corrected chi connectivity index (χ3v) is 3.25. The molecule has 5 heteroatoms. The molecular formula is C15H11F3N2. The molecule has 0 aliphatic carbocycles. The van der Waals surface area contributed by atoms with E-state index in [2.05, 4.69) is 4.98 Å². The molecule has 2 nitrogen and oxygen atoms in total. The van der Waals surface area contributed by atoms with E-state index in [1.807, 2.05) is 30.3 Å². The van der Waals surface area contributed by atoms with Crippen LogP contribution < -0.4 is 0 Å². The molecule has 0 radical (unpaired) electrons. The average molecular weight is 276 g/mol. The largest absolute Gasteiger partial charge is 0.418 e. The van der Waals surface area contributed by atoms with Gasteiger partial charge in [0.1, 0.15) is 11.3 Å². The maximum absolute atomic E-state index is 13.0. The maximum Gasteiger partial charge on any atom is 0.418 e. The Balaban J connectivity index is 2.31. The van der Waals surface area contributed by atoms with Gasteiger partial charge in [0.05, 0.1) is 11.1 Å². The van der Waals surface area contributed by atoms with E-state index < -0.39 is 11.7 Å². The van der Waals surface area contributed by atoms with Crippen LogP contribution in [0.4, 0.5) is 13.2 Å². The third kappa shape index (κ3) is 1.95. The molecule has 0 aliphatic rings. The molecule has 0 aliphatic heterocycles. The van der Waals surface area contributed by atoms with E-state index in [0.717, 1.165) is 11.6 Å². The minimum absolute atomic E-state index is 0.0126. The summed E-state index contributed by atoms with van der Waals surface area (Å²) in [6, 6.07) is 13.3. The number of benzene rings is 2. The monoisotopic (exact) mass is 276 g/mol. The number of hydrogen-bond acceptors (Lipinski definition) is 1. The van der Waals surface area contributed by atoms with Crippen LogP contribution in [0.3, 0.4) is 0 Å². The summed E-state index contributed by atoms with van der Waals surface area (Å²) in [6.07, 6.45) is -4.40. The molecule has 0 unspecified atom stereocenters. The highest BCUT2D eigenvalue weighted by molar-refractivity contribution is 5.84. The highest BCUT2D eigenvalue weighted by atomic mass is 19.4. The van der Waals surface area contributed by atoms with E-state index in [0.29, 0.717) is 11.3 Å². The van der Waals surface area contributed by atoms with Crippen molar-refractivity contribution in [3.63, 3.8) is 0 Å². The van der Waals surface area contributed by atoms with Gasteiger partial charge >= 0.3 is 6.18 Å². The number of alkyl halides is 3. The number of aryl methyl sites for hydroxylation is 1. The molecule has 20 heavy (non-hydrogen) atoms. The van der Waals surface area contributed by atoms with E-state index in [-0.39, 0.29) is 5.52 Å². The Hall–Kier alpha value is -2.30. The number of para-hydroxylation sites is 1. The van der Waals surface area contributed by atoms with E-state index in [1.165, 1.54) is 6.07 Å². The number of nitrogens with zero attached hydrogens (tertiary/aromatic N) is 2. The normalized spacial score (nSPS) is 12.0. The van der Waals surface area contributed by atoms with Gasteiger partial charge in [-0.15, -0.1) is 0 Å². The Labute approximate surface area is 113 Å². The smallest absolute Gasteiger partial charge is 0.327 e. The van der Waals surface area contributed by atoms with Gasteiger partial charge in [-0.05, 0) is 12.1 Å². The molecular weight excluding hydrogens is 265 g/mol. The van der Waals surface area contributed by atoms with Gasteiger partial charge in [0, 0.05) is 12.6 Å². The second-order valence-electron chi connectivity index (χ2n) is 4.53. The van der Waals surface area contributed by atoms with Crippen LogP contribution in [0, 0.1) is 0 Å². The van der Waals surface area contributed by atoms with Crippen molar-refractivity contribution in [1.29, 1.82) is 0 Å². The molecule has 0 fully saturated rings. The Bertz CT molecular complexity index is 758. The lowest BCUT2D eigenvalue weighted by Crippen LogP contribution is -2.05. The fourth-order valence-electron chi connectivity index (χ4n) is 2.29. The van der Waals surface area contributed by atoms with Crippen LogP contribution in [-0.4, -0.2) is 9.55 Å². The van der Waals surface area contributed by atoms with E-state index >= 15 is 0 Å². The standard InChI is InChI=1S/C15H11F3N2/c1-20-12-9-5-8-11(15(16,17)18)13(12)19-14(20)10-6-3-2-4-7-10/h2-9H,1H3. The molecule has 2 aromatic carbocycles. The van der Waals surface area contributed by atoms with Crippen molar-refractivity contribution >= 4 is 11.0 Å². The molecule has 102 valence electrons. The first kappa shape index (κ1) is 12.7. The van der Waals surface area contributed by atoms with Crippen LogP contribution in [-0.2, 0) is 13.2 Å². The molecule has 0 saturated carbocycles. The van der Waals surface area contributed by atoms with Crippen LogP contribution >= 0.6 is 0 Å². The molecule has 0 amide bonds. The predicted molar refractivity (Wildman–Crippen MR) is 71.2 cm³/mol. The third-order valence-electron chi connectivity index (χ3n) is 3.25. The van der Waals surface area contributed by atoms with Crippen LogP contribution in [0.15, 0.2) is 48.5 Å². The second kappa shape index (κ2) is 4.37. The zero-order chi connectivity index (χ0) is 14.3. The average Bonchev–Trinajstić information content (AvgIpc) is 2.76. The van der Waals surface area contributed by atoms with Crippen LogP contribution in [0.5, 0.6) is 0 Å². The summed E-state index contributed by atoms with van der Waals surface area (Å²) in [4.78, 5) is 4.19. The zero-order valence-corrected chi connectivity index (χ0v) is 10.6. The minimum atomic E-state index is -4.40. The number of aromatic nitrogens is 2. The Kier molecular flexibility index (Phi) is 2.78. The molecule has 3 aromatic rings. The fraction of sp³-hybridized carbons (Fsp3) is 0.133. The SMILES string of the molecule is Cn1c(-c2ccccc2)nc2c(C(F)(F)F)cccc21. The van der Waals surface area contributed by atoms with Crippen LogP contribution in [0.1, 0.15) is 5.56 Å². The number of hydrogen-bond donors (Lipinski definition) is 0. The highest BCUT2D eigenvalue weighted by Crippen LogP contribution is 2.35. The lowest BCUT2D eigenvalue weighted by atomic mass is 10.2. The summed E-state index contributed by atoms with van der Waals surface area (Å²) in [7, 11) is 1.72.